The van der Waals surface area contributed by atoms with Crippen LogP contribution < -0.4 is 14.3 Å². The Kier molecular flexibility index (Phi) is 5.13. The van der Waals surface area contributed by atoms with Gasteiger partial charge in [-0.25, -0.2) is 8.42 Å². The molecule has 1 heterocycles. The standard InChI is InChI=1S/C17H17N3O6S2/c1-10(2)19-14-6-5-12(9-16(14)27-17(19)21)28(24,25)18-13-8-11(20(22)23)4-7-15(13)26-3/h4-10,18H,1-3H3. The maximum Gasteiger partial charge on any atom is 0.308 e. The summed E-state index contributed by atoms with van der Waals surface area (Å²) in [6.45, 7) is 3.74. The molecule has 0 radical (unpaired) electrons. The van der Waals surface area contributed by atoms with E-state index in [4.69, 9.17) is 4.74 Å². The van der Waals surface area contributed by atoms with Gasteiger partial charge in [-0.15, -0.1) is 0 Å². The number of non-ortho nitro benzene ring substituents is 1. The first-order valence-electron chi connectivity index (χ1n) is 8.14. The summed E-state index contributed by atoms with van der Waals surface area (Å²) in [4.78, 5) is 22.3. The van der Waals surface area contributed by atoms with Crippen molar-refractivity contribution in [3.8, 4) is 5.75 Å². The predicted molar refractivity (Wildman–Crippen MR) is 107 cm³/mol. The van der Waals surface area contributed by atoms with Crippen LogP contribution >= 0.6 is 11.3 Å². The summed E-state index contributed by atoms with van der Waals surface area (Å²) >= 11 is 0.959. The maximum absolute atomic E-state index is 12.8. The Morgan fingerprint density at radius 3 is 2.54 bits per heavy atom. The third-order valence-corrected chi connectivity index (χ3v) is 6.33. The van der Waals surface area contributed by atoms with Gasteiger partial charge in [-0.3, -0.25) is 24.2 Å². The zero-order chi connectivity index (χ0) is 20.6. The number of fused-ring (bicyclic) bond motifs is 1. The molecule has 28 heavy (non-hydrogen) atoms. The number of nitro groups is 1. The van der Waals surface area contributed by atoms with Crippen LogP contribution in [0.1, 0.15) is 19.9 Å². The van der Waals surface area contributed by atoms with Crippen molar-refractivity contribution in [2.24, 2.45) is 0 Å². The zero-order valence-electron chi connectivity index (χ0n) is 15.2. The number of hydrogen-bond donors (Lipinski definition) is 1. The Bertz CT molecular complexity index is 1230. The Balaban J connectivity index is 2.05. The van der Waals surface area contributed by atoms with Gasteiger partial charge < -0.3 is 4.74 Å². The number of hydrogen-bond acceptors (Lipinski definition) is 7. The largest absolute Gasteiger partial charge is 0.495 e. The Morgan fingerprint density at radius 1 is 1.21 bits per heavy atom. The fourth-order valence-electron chi connectivity index (χ4n) is 2.77. The van der Waals surface area contributed by atoms with Crippen molar-refractivity contribution >= 4 is 43.0 Å². The van der Waals surface area contributed by atoms with Crippen LogP contribution in [-0.4, -0.2) is 25.0 Å². The molecular formula is C17H17N3O6S2. The number of ether oxygens (including phenoxy) is 1. The highest BCUT2D eigenvalue weighted by Gasteiger charge is 2.21. The number of nitro benzene ring substituents is 1. The van der Waals surface area contributed by atoms with Crippen molar-refractivity contribution < 1.29 is 18.1 Å². The van der Waals surface area contributed by atoms with E-state index in [0.29, 0.717) is 10.2 Å². The van der Waals surface area contributed by atoms with Gasteiger partial charge in [0, 0.05) is 18.2 Å². The van der Waals surface area contributed by atoms with E-state index in [2.05, 4.69) is 4.72 Å². The molecule has 0 unspecified atom stereocenters. The van der Waals surface area contributed by atoms with Gasteiger partial charge in [-0.05, 0) is 38.1 Å². The second-order valence-corrected chi connectivity index (χ2v) is 8.88. The fraction of sp³-hybridized carbons (Fsp3) is 0.235. The van der Waals surface area contributed by atoms with Gasteiger partial charge in [0.15, 0.2) is 0 Å². The average molecular weight is 423 g/mol. The number of anilines is 1. The summed E-state index contributed by atoms with van der Waals surface area (Å²) < 4.78 is 35.1. The third kappa shape index (κ3) is 3.58. The van der Waals surface area contributed by atoms with E-state index in [9.17, 15) is 23.3 Å². The van der Waals surface area contributed by atoms with Crippen molar-refractivity contribution in [1.29, 1.82) is 0 Å². The molecule has 0 amide bonds. The first kappa shape index (κ1) is 19.8. The van der Waals surface area contributed by atoms with Crippen molar-refractivity contribution in [2.45, 2.75) is 24.8 Å². The normalized spacial score (nSPS) is 11.7. The highest BCUT2D eigenvalue weighted by Crippen LogP contribution is 2.31. The molecule has 0 saturated heterocycles. The van der Waals surface area contributed by atoms with Gasteiger partial charge in [0.25, 0.3) is 15.7 Å². The van der Waals surface area contributed by atoms with Gasteiger partial charge in [0.2, 0.25) is 0 Å². The summed E-state index contributed by atoms with van der Waals surface area (Å²) in [5, 5.41) is 11.0. The minimum atomic E-state index is -4.06. The zero-order valence-corrected chi connectivity index (χ0v) is 16.8. The molecule has 3 aromatic rings. The summed E-state index contributed by atoms with van der Waals surface area (Å²) in [5.74, 6) is 0.144. The molecule has 0 aliphatic heterocycles. The van der Waals surface area contributed by atoms with Gasteiger partial charge in [0.05, 0.1) is 32.8 Å². The maximum atomic E-state index is 12.8. The van der Waals surface area contributed by atoms with Crippen LogP contribution in [0.3, 0.4) is 0 Å². The van der Waals surface area contributed by atoms with Crippen LogP contribution in [0.2, 0.25) is 0 Å². The number of thiazole rings is 1. The molecule has 2 aromatic carbocycles. The van der Waals surface area contributed by atoms with E-state index >= 15 is 0 Å². The van der Waals surface area contributed by atoms with Crippen molar-refractivity contribution in [2.75, 3.05) is 11.8 Å². The SMILES string of the molecule is COc1ccc([N+](=O)[O-])cc1NS(=O)(=O)c1ccc2c(c1)sc(=O)n2C(C)C. The van der Waals surface area contributed by atoms with E-state index < -0.39 is 14.9 Å². The minimum absolute atomic E-state index is 0.0512. The monoisotopic (exact) mass is 423 g/mol. The van der Waals surface area contributed by atoms with Crippen LogP contribution in [0.5, 0.6) is 5.75 Å². The summed E-state index contributed by atoms with van der Waals surface area (Å²) in [6, 6.07) is 7.93. The van der Waals surface area contributed by atoms with Gasteiger partial charge in [-0.1, -0.05) is 11.3 Å². The smallest absolute Gasteiger partial charge is 0.308 e. The molecule has 3 rings (SSSR count). The molecule has 1 aromatic heterocycles. The first-order valence-corrected chi connectivity index (χ1v) is 10.4. The van der Waals surface area contributed by atoms with Crippen molar-refractivity contribution in [3.05, 3.63) is 56.2 Å². The Hall–Kier alpha value is -2.92. The lowest BCUT2D eigenvalue weighted by Crippen LogP contribution is -2.15. The van der Waals surface area contributed by atoms with E-state index in [1.807, 2.05) is 13.8 Å². The Morgan fingerprint density at radius 2 is 1.93 bits per heavy atom. The third-order valence-electron chi connectivity index (χ3n) is 4.05. The second kappa shape index (κ2) is 7.24. The summed E-state index contributed by atoms with van der Waals surface area (Å²) in [6.07, 6.45) is 0. The van der Waals surface area contributed by atoms with E-state index in [1.54, 1.807) is 10.6 Å². The second-order valence-electron chi connectivity index (χ2n) is 6.21. The fourth-order valence-corrected chi connectivity index (χ4v) is 4.98. The van der Waals surface area contributed by atoms with Gasteiger partial charge >= 0.3 is 4.87 Å². The predicted octanol–water partition coefficient (Wildman–Crippen LogP) is 3.36. The van der Waals surface area contributed by atoms with Crippen LogP contribution in [0.15, 0.2) is 46.1 Å². The molecule has 0 atom stereocenters. The van der Waals surface area contributed by atoms with E-state index in [-0.39, 0.29) is 32.9 Å². The Labute approximate surface area is 164 Å². The van der Waals surface area contributed by atoms with Crippen LogP contribution in [0.25, 0.3) is 10.2 Å². The molecule has 11 heteroatoms. The highest BCUT2D eigenvalue weighted by atomic mass is 32.2. The van der Waals surface area contributed by atoms with Gasteiger partial charge in [0.1, 0.15) is 5.75 Å². The lowest BCUT2D eigenvalue weighted by molar-refractivity contribution is -0.384. The highest BCUT2D eigenvalue weighted by molar-refractivity contribution is 7.92. The van der Waals surface area contributed by atoms with Gasteiger partial charge in [-0.2, -0.15) is 0 Å². The number of nitrogens with one attached hydrogen (secondary N) is 1. The molecule has 9 nitrogen and oxygen atoms in total. The topological polar surface area (TPSA) is 121 Å². The molecule has 0 aliphatic rings. The molecule has 0 saturated carbocycles. The van der Waals surface area contributed by atoms with Crippen molar-refractivity contribution in [1.82, 2.24) is 4.57 Å². The van der Waals surface area contributed by atoms with Crippen LogP contribution in [-0.2, 0) is 10.0 Å². The quantitative estimate of drug-likeness (QED) is 0.479. The number of nitrogens with zero attached hydrogens (tertiary/aromatic N) is 2. The number of benzene rings is 2. The number of sulfonamides is 1. The van der Waals surface area contributed by atoms with E-state index in [0.717, 1.165) is 17.4 Å². The summed E-state index contributed by atoms with van der Waals surface area (Å²) in [5.41, 5.74) is 0.322. The average Bonchev–Trinajstić information content (AvgIpc) is 2.96. The van der Waals surface area contributed by atoms with Crippen LogP contribution in [0.4, 0.5) is 11.4 Å². The number of methoxy groups -OCH3 is 1. The molecule has 0 aliphatic carbocycles. The van der Waals surface area contributed by atoms with Crippen LogP contribution in [0, 0.1) is 10.1 Å². The molecule has 0 fully saturated rings. The molecule has 1 N–H and O–H groups in total. The molecule has 0 spiro atoms. The molecule has 0 bridgehead atoms. The minimum Gasteiger partial charge on any atom is -0.495 e. The first-order chi connectivity index (χ1) is 13.1. The lowest BCUT2D eigenvalue weighted by atomic mass is 10.2. The lowest BCUT2D eigenvalue weighted by Gasteiger charge is -2.12. The summed E-state index contributed by atoms with van der Waals surface area (Å²) in [7, 11) is -2.73. The number of rotatable bonds is 6. The van der Waals surface area contributed by atoms with E-state index in [1.165, 1.54) is 31.4 Å². The number of aromatic nitrogens is 1. The molecular weight excluding hydrogens is 406 g/mol. The molecule has 148 valence electrons. The van der Waals surface area contributed by atoms with Crippen molar-refractivity contribution in [3.63, 3.8) is 0 Å².